The molecule has 1 aromatic carbocycles. The number of benzene rings is 1. The zero-order chi connectivity index (χ0) is 13.8. The number of hydrogen-bond donors (Lipinski definition) is 0. The molecule has 0 radical (unpaired) electrons. The Morgan fingerprint density at radius 3 is 2.11 bits per heavy atom. The third-order valence-corrected chi connectivity index (χ3v) is 2.00. The van der Waals surface area contributed by atoms with Gasteiger partial charge in [-0.1, -0.05) is 18.1 Å². The third-order valence-electron chi connectivity index (χ3n) is 2.00. The quantitative estimate of drug-likeness (QED) is 0.433. The molecular weight excluding hydrogens is 228 g/mol. The van der Waals surface area contributed by atoms with E-state index in [4.69, 9.17) is 4.74 Å². The molecule has 0 aromatic heterocycles. The highest BCUT2D eigenvalue weighted by atomic mass is 16.6. The van der Waals surface area contributed by atoms with E-state index in [0.29, 0.717) is 11.1 Å². The average molecular weight is 244 g/mol. The fourth-order valence-electron chi connectivity index (χ4n) is 1.22. The van der Waals surface area contributed by atoms with Gasteiger partial charge in [-0.2, -0.15) is 0 Å². The number of Topliss-reactive ketones (excluding diaryl/α,β-unsaturated/α-hetero) is 1. The van der Waals surface area contributed by atoms with Crippen LogP contribution in [-0.2, 0) is 9.53 Å². The summed E-state index contributed by atoms with van der Waals surface area (Å²) in [7, 11) is 0. The van der Waals surface area contributed by atoms with Crippen LogP contribution in [0.15, 0.2) is 24.3 Å². The molecule has 0 aliphatic heterocycles. The van der Waals surface area contributed by atoms with Crippen LogP contribution >= 0.6 is 0 Å². The van der Waals surface area contributed by atoms with E-state index in [1.54, 1.807) is 45.0 Å². The highest BCUT2D eigenvalue weighted by Gasteiger charge is 2.14. The van der Waals surface area contributed by atoms with Crippen LogP contribution in [0.4, 0.5) is 0 Å². The molecule has 0 N–H and O–H groups in total. The Balaban J connectivity index is 2.74. The summed E-state index contributed by atoms with van der Waals surface area (Å²) in [5, 5.41) is 0. The fourth-order valence-corrected chi connectivity index (χ4v) is 1.22. The summed E-state index contributed by atoms with van der Waals surface area (Å²) in [4.78, 5) is 22.4. The molecule has 0 unspecified atom stereocenters. The Hall–Kier alpha value is -2.08. The van der Waals surface area contributed by atoms with Gasteiger partial charge in [0.2, 0.25) is 0 Å². The van der Waals surface area contributed by atoms with Crippen molar-refractivity contribution < 1.29 is 14.3 Å². The van der Waals surface area contributed by atoms with Gasteiger partial charge < -0.3 is 4.74 Å². The predicted octanol–water partition coefficient (Wildman–Crippen LogP) is 2.58. The maximum Gasteiger partial charge on any atom is 0.385 e. The first-order valence-corrected chi connectivity index (χ1v) is 5.64. The van der Waals surface area contributed by atoms with Crippen molar-refractivity contribution in [3.05, 3.63) is 35.4 Å². The van der Waals surface area contributed by atoms with Gasteiger partial charge in [0, 0.05) is 17.0 Å². The zero-order valence-electron chi connectivity index (χ0n) is 11.0. The van der Waals surface area contributed by atoms with Crippen molar-refractivity contribution in [2.24, 2.45) is 0 Å². The van der Waals surface area contributed by atoms with Gasteiger partial charge in [-0.25, -0.2) is 4.79 Å². The van der Waals surface area contributed by atoms with Gasteiger partial charge in [-0.05, 0) is 39.8 Å². The van der Waals surface area contributed by atoms with Crippen LogP contribution in [0.25, 0.3) is 0 Å². The van der Waals surface area contributed by atoms with Crippen LogP contribution in [0.3, 0.4) is 0 Å². The van der Waals surface area contributed by atoms with Crippen molar-refractivity contribution in [2.75, 3.05) is 0 Å². The number of hydrogen-bond acceptors (Lipinski definition) is 3. The van der Waals surface area contributed by atoms with E-state index in [-0.39, 0.29) is 5.78 Å². The Labute approximate surface area is 107 Å². The van der Waals surface area contributed by atoms with Crippen LogP contribution < -0.4 is 0 Å². The summed E-state index contributed by atoms with van der Waals surface area (Å²) in [6.07, 6.45) is 0. The number of rotatable bonds is 1. The number of carbonyl (C=O) groups excluding carboxylic acids is 2. The van der Waals surface area contributed by atoms with Crippen molar-refractivity contribution in [3.63, 3.8) is 0 Å². The van der Waals surface area contributed by atoms with Crippen LogP contribution in [0, 0.1) is 11.8 Å². The molecule has 0 aliphatic carbocycles. The Bertz CT molecular complexity index is 507. The molecule has 0 atom stereocenters. The summed E-state index contributed by atoms with van der Waals surface area (Å²) in [6, 6.07) is 6.77. The smallest absolute Gasteiger partial charge is 0.385 e. The molecule has 0 spiro atoms. The average Bonchev–Trinajstić information content (AvgIpc) is 2.24. The molecule has 0 amide bonds. The lowest BCUT2D eigenvalue weighted by atomic mass is 10.1. The summed E-state index contributed by atoms with van der Waals surface area (Å²) in [6.45, 7) is 6.86. The van der Waals surface area contributed by atoms with E-state index in [0.717, 1.165) is 0 Å². The van der Waals surface area contributed by atoms with Crippen molar-refractivity contribution in [1.29, 1.82) is 0 Å². The van der Waals surface area contributed by atoms with Gasteiger partial charge in [-0.3, -0.25) is 4.79 Å². The van der Waals surface area contributed by atoms with E-state index in [1.165, 1.54) is 6.92 Å². The third kappa shape index (κ3) is 4.84. The molecule has 18 heavy (non-hydrogen) atoms. The summed E-state index contributed by atoms with van der Waals surface area (Å²) >= 11 is 0. The number of carbonyl (C=O) groups is 2. The molecular formula is C15H16O3. The second-order valence-electron chi connectivity index (χ2n) is 4.89. The molecule has 0 saturated heterocycles. The first kappa shape index (κ1) is 14.0. The van der Waals surface area contributed by atoms with Crippen LogP contribution in [-0.4, -0.2) is 17.4 Å². The molecule has 3 heteroatoms. The molecule has 0 fully saturated rings. The molecule has 0 aliphatic rings. The van der Waals surface area contributed by atoms with E-state index in [9.17, 15) is 9.59 Å². The number of ketones is 1. The Morgan fingerprint density at radius 1 is 1.11 bits per heavy atom. The topological polar surface area (TPSA) is 43.4 Å². The molecule has 0 heterocycles. The van der Waals surface area contributed by atoms with E-state index in [1.807, 2.05) is 0 Å². The molecule has 94 valence electrons. The lowest BCUT2D eigenvalue weighted by molar-refractivity contribution is -0.147. The largest absolute Gasteiger partial charge is 0.450 e. The number of ether oxygens (including phenoxy) is 1. The van der Waals surface area contributed by atoms with Gasteiger partial charge in [0.05, 0.1) is 0 Å². The van der Waals surface area contributed by atoms with Crippen LogP contribution in [0.2, 0.25) is 0 Å². The van der Waals surface area contributed by atoms with E-state index in [2.05, 4.69) is 11.8 Å². The van der Waals surface area contributed by atoms with Gasteiger partial charge in [0.15, 0.2) is 5.78 Å². The summed E-state index contributed by atoms with van der Waals surface area (Å²) in [5.74, 6) is 4.55. The van der Waals surface area contributed by atoms with Gasteiger partial charge >= 0.3 is 5.97 Å². The first-order chi connectivity index (χ1) is 8.28. The molecule has 0 bridgehead atoms. The Morgan fingerprint density at radius 2 is 1.67 bits per heavy atom. The van der Waals surface area contributed by atoms with Gasteiger partial charge in [-0.15, -0.1) is 0 Å². The molecule has 0 saturated carbocycles. The fraction of sp³-hybridized carbons (Fsp3) is 0.333. The second-order valence-corrected chi connectivity index (χ2v) is 4.89. The monoisotopic (exact) mass is 244 g/mol. The summed E-state index contributed by atoms with van der Waals surface area (Å²) in [5.41, 5.74) is 0.758. The minimum atomic E-state index is -0.557. The maximum absolute atomic E-state index is 11.4. The van der Waals surface area contributed by atoms with Gasteiger partial charge in [0.1, 0.15) is 5.60 Å². The standard InChI is InChI=1S/C15H16O3/c1-11(16)13-8-5-12(6-9-13)7-10-14(17)18-15(2,3)4/h5-6,8-9H,1-4H3. The van der Waals surface area contributed by atoms with Crippen LogP contribution in [0.1, 0.15) is 43.6 Å². The lowest BCUT2D eigenvalue weighted by Gasteiger charge is -2.16. The normalized spacial score (nSPS) is 10.2. The second kappa shape index (κ2) is 5.50. The highest BCUT2D eigenvalue weighted by molar-refractivity contribution is 5.94. The predicted molar refractivity (Wildman–Crippen MR) is 69.2 cm³/mol. The molecule has 3 nitrogen and oxygen atoms in total. The first-order valence-electron chi connectivity index (χ1n) is 5.64. The van der Waals surface area contributed by atoms with E-state index < -0.39 is 11.6 Å². The minimum absolute atomic E-state index is 0.00153. The zero-order valence-corrected chi connectivity index (χ0v) is 11.0. The molecule has 1 rings (SSSR count). The van der Waals surface area contributed by atoms with Crippen molar-refractivity contribution in [3.8, 4) is 11.8 Å². The minimum Gasteiger partial charge on any atom is -0.450 e. The molecule has 1 aromatic rings. The summed E-state index contributed by atoms with van der Waals surface area (Å²) < 4.78 is 5.05. The van der Waals surface area contributed by atoms with Crippen molar-refractivity contribution in [1.82, 2.24) is 0 Å². The SMILES string of the molecule is CC(=O)c1ccc(C#CC(=O)OC(C)(C)C)cc1. The van der Waals surface area contributed by atoms with E-state index >= 15 is 0 Å². The van der Waals surface area contributed by atoms with Gasteiger partial charge in [0.25, 0.3) is 0 Å². The van der Waals surface area contributed by atoms with Crippen molar-refractivity contribution >= 4 is 11.8 Å². The maximum atomic E-state index is 11.4. The number of esters is 1. The highest BCUT2D eigenvalue weighted by Crippen LogP contribution is 2.07. The van der Waals surface area contributed by atoms with Crippen LogP contribution in [0.5, 0.6) is 0 Å². The van der Waals surface area contributed by atoms with Crippen molar-refractivity contribution in [2.45, 2.75) is 33.3 Å². The lowest BCUT2D eigenvalue weighted by Crippen LogP contribution is -2.22. The Kier molecular flexibility index (Phi) is 4.28.